The topological polar surface area (TPSA) is 81.2 Å². The van der Waals surface area contributed by atoms with E-state index in [2.05, 4.69) is 5.10 Å². The highest BCUT2D eigenvalue weighted by Crippen LogP contribution is 2.46. The first kappa shape index (κ1) is 12.2. The van der Waals surface area contributed by atoms with Gasteiger partial charge in [0.1, 0.15) is 0 Å². The van der Waals surface area contributed by atoms with E-state index < -0.39 is 0 Å². The number of carbonyl (C=O) groups excluding carboxylic acids is 2. The Balaban J connectivity index is 1.68. The van der Waals surface area contributed by atoms with Crippen molar-refractivity contribution < 1.29 is 9.59 Å². The summed E-state index contributed by atoms with van der Waals surface area (Å²) in [5.74, 6) is -0.0119. The van der Waals surface area contributed by atoms with Crippen LogP contribution < -0.4 is 5.73 Å². The number of likely N-dealkylation sites (tertiary alicyclic amines) is 1. The summed E-state index contributed by atoms with van der Waals surface area (Å²) in [7, 11) is 0. The Morgan fingerprint density at radius 3 is 2.63 bits per heavy atom. The molecule has 0 unspecified atom stereocenters. The molecule has 1 saturated heterocycles. The smallest absolute Gasteiger partial charge is 0.235 e. The lowest BCUT2D eigenvalue weighted by atomic mass is 9.84. The normalized spacial score (nSPS) is 21.8. The van der Waals surface area contributed by atoms with E-state index in [0.29, 0.717) is 25.2 Å². The van der Waals surface area contributed by atoms with Crippen molar-refractivity contribution in [2.75, 3.05) is 12.3 Å². The van der Waals surface area contributed by atoms with Crippen LogP contribution in [0.15, 0.2) is 12.4 Å². The molecular weight excluding hydrogens is 244 g/mol. The number of hydrogen-bond donors (Lipinski definition) is 1. The fourth-order valence-electron chi connectivity index (χ4n) is 3.23. The van der Waals surface area contributed by atoms with Gasteiger partial charge in [0.05, 0.1) is 23.8 Å². The fraction of sp³-hybridized carbons (Fsp3) is 0.615. The van der Waals surface area contributed by atoms with Crippen molar-refractivity contribution in [3.8, 4) is 0 Å². The van der Waals surface area contributed by atoms with Crippen LogP contribution in [-0.4, -0.2) is 33.0 Å². The number of nitrogens with two attached hydrogens (primary N) is 1. The zero-order valence-corrected chi connectivity index (χ0v) is 10.8. The van der Waals surface area contributed by atoms with Gasteiger partial charge in [-0.1, -0.05) is 12.8 Å². The van der Waals surface area contributed by atoms with E-state index in [1.165, 1.54) is 4.90 Å². The maximum atomic E-state index is 12.4. The Kier molecular flexibility index (Phi) is 2.80. The van der Waals surface area contributed by atoms with E-state index in [4.69, 9.17) is 5.73 Å². The van der Waals surface area contributed by atoms with E-state index in [0.717, 1.165) is 25.7 Å². The molecule has 1 spiro atoms. The summed E-state index contributed by atoms with van der Waals surface area (Å²) in [6.07, 6.45) is 7.51. The third kappa shape index (κ3) is 2.01. The minimum atomic E-state index is -0.375. The van der Waals surface area contributed by atoms with Crippen LogP contribution in [0.25, 0.3) is 0 Å². The Bertz CT molecular complexity index is 516. The van der Waals surface area contributed by atoms with Crippen molar-refractivity contribution in [2.45, 2.75) is 38.6 Å². The van der Waals surface area contributed by atoms with Crippen molar-refractivity contribution in [3.63, 3.8) is 0 Å². The first-order valence-electron chi connectivity index (χ1n) is 6.73. The number of imide groups is 1. The highest BCUT2D eigenvalue weighted by molar-refractivity contribution is 6.06. The van der Waals surface area contributed by atoms with Crippen molar-refractivity contribution >= 4 is 17.5 Å². The van der Waals surface area contributed by atoms with Crippen molar-refractivity contribution in [2.24, 2.45) is 5.41 Å². The van der Waals surface area contributed by atoms with Crippen LogP contribution in [0.2, 0.25) is 0 Å². The monoisotopic (exact) mass is 262 g/mol. The number of hydrogen-bond acceptors (Lipinski definition) is 4. The lowest BCUT2D eigenvalue weighted by Crippen LogP contribution is -2.36. The second-order valence-electron chi connectivity index (χ2n) is 5.55. The van der Waals surface area contributed by atoms with Gasteiger partial charge in [-0.15, -0.1) is 0 Å². The minimum Gasteiger partial charge on any atom is -0.396 e. The summed E-state index contributed by atoms with van der Waals surface area (Å²) in [5, 5.41) is 4.06. The van der Waals surface area contributed by atoms with Crippen LogP contribution in [0.1, 0.15) is 32.1 Å². The van der Waals surface area contributed by atoms with E-state index in [9.17, 15) is 9.59 Å². The molecule has 1 aliphatic carbocycles. The highest BCUT2D eigenvalue weighted by atomic mass is 16.2. The second-order valence-corrected chi connectivity index (χ2v) is 5.55. The Morgan fingerprint density at radius 1 is 1.26 bits per heavy atom. The van der Waals surface area contributed by atoms with Crippen LogP contribution in [0, 0.1) is 5.41 Å². The minimum absolute atomic E-state index is 0.0233. The zero-order chi connectivity index (χ0) is 13.5. The predicted molar refractivity (Wildman–Crippen MR) is 68.9 cm³/mol. The summed E-state index contributed by atoms with van der Waals surface area (Å²) in [6, 6.07) is 0. The molecule has 2 heterocycles. The molecule has 0 radical (unpaired) electrons. The maximum Gasteiger partial charge on any atom is 0.235 e. The number of rotatable bonds is 3. The molecule has 2 amide bonds. The number of nitrogens with zero attached hydrogens (tertiary/aromatic N) is 3. The predicted octanol–water partition coefficient (Wildman–Crippen LogP) is 0.785. The van der Waals surface area contributed by atoms with Gasteiger partial charge in [-0.05, 0) is 12.8 Å². The Morgan fingerprint density at radius 2 is 2.00 bits per heavy atom. The highest BCUT2D eigenvalue weighted by Gasteiger charge is 2.52. The van der Waals surface area contributed by atoms with Crippen molar-refractivity contribution in [1.82, 2.24) is 14.7 Å². The van der Waals surface area contributed by atoms with Gasteiger partial charge in [0.15, 0.2) is 0 Å². The van der Waals surface area contributed by atoms with E-state index in [1.54, 1.807) is 17.1 Å². The summed E-state index contributed by atoms with van der Waals surface area (Å²) in [5.41, 5.74) is 5.79. The number of nitrogen functional groups attached to an aromatic ring is 1. The van der Waals surface area contributed by atoms with Gasteiger partial charge in [-0.25, -0.2) is 0 Å². The van der Waals surface area contributed by atoms with Gasteiger partial charge >= 0.3 is 0 Å². The van der Waals surface area contributed by atoms with Crippen LogP contribution >= 0.6 is 0 Å². The van der Waals surface area contributed by atoms with E-state index in [1.807, 2.05) is 0 Å². The molecule has 6 nitrogen and oxygen atoms in total. The number of aromatic nitrogens is 2. The second kappa shape index (κ2) is 4.36. The van der Waals surface area contributed by atoms with Crippen molar-refractivity contribution in [1.29, 1.82) is 0 Å². The molecule has 0 aromatic carbocycles. The van der Waals surface area contributed by atoms with Gasteiger partial charge in [0, 0.05) is 19.2 Å². The molecule has 1 aliphatic heterocycles. The average Bonchev–Trinajstić information content (AvgIpc) is 3.04. The van der Waals surface area contributed by atoms with Crippen LogP contribution in [0.5, 0.6) is 0 Å². The molecule has 6 heteroatoms. The summed E-state index contributed by atoms with van der Waals surface area (Å²) in [4.78, 5) is 25.8. The summed E-state index contributed by atoms with van der Waals surface area (Å²) in [6.45, 7) is 0.894. The van der Waals surface area contributed by atoms with Crippen LogP contribution in [0.4, 0.5) is 5.69 Å². The molecule has 19 heavy (non-hydrogen) atoms. The molecule has 2 N–H and O–H groups in total. The standard InChI is InChI=1S/C13H18N4O2/c14-10-8-15-16(9-10)5-6-17-11(18)7-13(12(17)19)3-1-2-4-13/h8-9H,1-7,14H2. The van der Waals surface area contributed by atoms with Crippen LogP contribution in [0.3, 0.4) is 0 Å². The molecule has 3 rings (SSSR count). The third-order valence-electron chi connectivity index (χ3n) is 4.26. The lowest BCUT2D eigenvalue weighted by molar-refractivity contribution is -0.141. The largest absolute Gasteiger partial charge is 0.396 e. The lowest BCUT2D eigenvalue weighted by Gasteiger charge is -2.20. The van der Waals surface area contributed by atoms with Gasteiger partial charge in [-0.2, -0.15) is 5.10 Å². The van der Waals surface area contributed by atoms with Gasteiger partial charge < -0.3 is 5.73 Å². The third-order valence-corrected chi connectivity index (χ3v) is 4.26. The van der Waals surface area contributed by atoms with Gasteiger partial charge in [-0.3, -0.25) is 19.2 Å². The maximum absolute atomic E-state index is 12.4. The number of carbonyl (C=O) groups is 2. The van der Waals surface area contributed by atoms with Crippen molar-refractivity contribution in [3.05, 3.63) is 12.4 Å². The van der Waals surface area contributed by atoms with Gasteiger partial charge in [0.2, 0.25) is 11.8 Å². The van der Waals surface area contributed by atoms with E-state index in [-0.39, 0.29) is 17.2 Å². The molecular formula is C13H18N4O2. The molecule has 2 aliphatic rings. The first-order valence-corrected chi connectivity index (χ1v) is 6.73. The van der Waals surface area contributed by atoms with E-state index >= 15 is 0 Å². The number of amides is 2. The quantitative estimate of drug-likeness (QED) is 0.816. The Labute approximate surface area is 111 Å². The summed E-state index contributed by atoms with van der Waals surface area (Å²) >= 11 is 0. The first-order chi connectivity index (χ1) is 9.11. The molecule has 1 aromatic heterocycles. The average molecular weight is 262 g/mol. The molecule has 102 valence electrons. The SMILES string of the molecule is Nc1cnn(CCN2C(=O)CC3(CCCC3)C2=O)c1. The number of anilines is 1. The van der Waals surface area contributed by atoms with Crippen LogP contribution in [-0.2, 0) is 16.1 Å². The molecule has 2 fully saturated rings. The summed E-state index contributed by atoms with van der Waals surface area (Å²) < 4.78 is 1.66. The molecule has 0 bridgehead atoms. The molecule has 0 atom stereocenters. The zero-order valence-electron chi connectivity index (χ0n) is 10.8. The Hall–Kier alpha value is -1.85. The van der Waals surface area contributed by atoms with Gasteiger partial charge in [0.25, 0.3) is 0 Å². The fourth-order valence-corrected chi connectivity index (χ4v) is 3.23. The molecule has 1 aromatic rings. The molecule has 1 saturated carbocycles.